The van der Waals surface area contributed by atoms with Gasteiger partial charge in [-0.05, 0) is 24.1 Å². The molecule has 0 radical (unpaired) electrons. The van der Waals surface area contributed by atoms with Crippen molar-refractivity contribution in [3.8, 4) is 0 Å². The Morgan fingerprint density at radius 3 is 2.46 bits per heavy atom. The molecular weight excluding hydrogens is 228 g/mol. The van der Waals surface area contributed by atoms with Crippen molar-refractivity contribution in [1.29, 1.82) is 0 Å². The SMILES string of the molecule is NC(CCl)Cc1ccc(Cl)c(Cl)c1. The number of hydrogen-bond donors (Lipinski definition) is 1. The van der Waals surface area contributed by atoms with E-state index in [4.69, 9.17) is 40.5 Å². The molecule has 0 aromatic heterocycles. The first-order chi connectivity index (χ1) is 6.13. The molecule has 0 aliphatic heterocycles. The maximum absolute atomic E-state index is 5.83. The molecular formula is C9H10Cl3N. The summed E-state index contributed by atoms with van der Waals surface area (Å²) in [7, 11) is 0. The van der Waals surface area contributed by atoms with Crippen LogP contribution in [0.4, 0.5) is 0 Å². The minimum atomic E-state index is -0.0288. The molecule has 1 rings (SSSR count). The van der Waals surface area contributed by atoms with E-state index >= 15 is 0 Å². The van der Waals surface area contributed by atoms with Gasteiger partial charge in [-0.1, -0.05) is 29.3 Å². The number of halogens is 3. The Morgan fingerprint density at radius 1 is 1.23 bits per heavy atom. The molecule has 0 saturated heterocycles. The highest BCUT2D eigenvalue weighted by atomic mass is 35.5. The van der Waals surface area contributed by atoms with Crippen molar-refractivity contribution in [2.75, 3.05) is 5.88 Å². The summed E-state index contributed by atoms with van der Waals surface area (Å²) < 4.78 is 0. The number of nitrogens with two attached hydrogens (primary N) is 1. The Bertz CT molecular complexity index is 288. The zero-order valence-corrected chi connectivity index (χ0v) is 9.20. The Balaban J connectivity index is 2.73. The van der Waals surface area contributed by atoms with Crippen molar-refractivity contribution < 1.29 is 0 Å². The quantitative estimate of drug-likeness (QED) is 0.805. The smallest absolute Gasteiger partial charge is 0.0595 e. The first-order valence-corrected chi connectivity index (χ1v) is 5.18. The predicted molar refractivity (Wildman–Crippen MR) is 58.9 cm³/mol. The topological polar surface area (TPSA) is 26.0 Å². The third-order valence-electron chi connectivity index (χ3n) is 1.68. The third kappa shape index (κ3) is 3.35. The molecule has 0 saturated carbocycles. The average Bonchev–Trinajstić information content (AvgIpc) is 2.11. The highest BCUT2D eigenvalue weighted by Crippen LogP contribution is 2.23. The standard InChI is InChI=1S/C9H10Cl3N/c10-5-7(13)3-6-1-2-8(11)9(12)4-6/h1-2,4,7H,3,5,13H2. The molecule has 0 heterocycles. The van der Waals surface area contributed by atoms with Gasteiger partial charge in [0.2, 0.25) is 0 Å². The number of alkyl halides is 1. The minimum Gasteiger partial charge on any atom is -0.326 e. The lowest BCUT2D eigenvalue weighted by Gasteiger charge is -2.07. The van der Waals surface area contributed by atoms with Crippen LogP contribution in [0.25, 0.3) is 0 Å². The van der Waals surface area contributed by atoms with Crippen LogP contribution < -0.4 is 5.73 Å². The number of rotatable bonds is 3. The van der Waals surface area contributed by atoms with Gasteiger partial charge in [-0.2, -0.15) is 0 Å². The maximum Gasteiger partial charge on any atom is 0.0595 e. The largest absolute Gasteiger partial charge is 0.326 e. The van der Waals surface area contributed by atoms with Gasteiger partial charge in [0.05, 0.1) is 10.0 Å². The second-order valence-corrected chi connectivity index (χ2v) is 3.99. The summed E-state index contributed by atoms with van der Waals surface area (Å²) in [6, 6.07) is 5.45. The zero-order valence-electron chi connectivity index (χ0n) is 6.93. The van der Waals surface area contributed by atoms with Gasteiger partial charge in [0.25, 0.3) is 0 Å². The van der Waals surface area contributed by atoms with Gasteiger partial charge in [-0.3, -0.25) is 0 Å². The van der Waals surface area contributed by atoms with Gasteiger partial charge in [0.1, 0.15) is 0 Å². The van der Waals surface area contributed by atoms with Crippen LogP contribution in [0.2, 0.25) is 10.0 Å². The van der Waals surface area contributed by atoms with Gasteiger partial charge >= 0.3 is 0 Å². The van der Waals surface area contributed by atoms with Crippen molar-refractivity contribution in [3.05, 3.63) is 33.8 Å². The molecule has 1 aromatic rings. The van der Waals surface area contributed by atoms with Gasteiger partial charge in [0, 0.05) is 11.9 Å². The summed E-state index contributed by atoms with van der Waals surface area (Å²) in [5.41, 5.74) is 6.74. The highest BCUT2D eigenvalue weighted by molar-refractivity contribution is 6.42. The fraction of sp³-hybridized carbons (Fsp3) is 0.333. The molecule has 0 spiro atoms. The van der Waals surface area contributed by atoms with Crippen LogP contribution in [0.1, 0.15) is 5.56 Å². The molecule has 4 heteroatoms. The summed E-state index contributed by atoms with van der Waals surface area (Å²) in [5, 5.41) is 1.12. The van der Waals surface area contributed by atoms with Crippen LogP contribution in [0.5, 0.6) is 0 Å². The van der Waals surface area contributed by atoms with Crippen molar-refractivity contribution >= 4 is 34.8 Å². The van der Waals surface area contributed by atoms with Crippen molar-refractivity contribution in [2.45, 2.75) is 12.5 Å². The molecule has 1 nitrogen and oxygen atoms in total. The molecule has 1 aromatic carbocycles. The van der Waals surface area contributed by atoms with Crippen LogP contribution in [0.15, 0.2) is 18.2 Å². The number of hydrogen-bond acceptors (Lipinski definition) is 1. The lowest BCUT2D eigenvalue weighted by atomic mass is 10.1. The molecule has 2 N–H and O–H groups in total. The maximum atomic E-state index is 5.83. The molecule has 0 aliphatic carbocycles. The Kier molecular flexibility index (Phi) is 4.33. The first-order valence-electron chi connectivity index (χ1n) is 3.89. The van der Waals surface area contributed by atoms with Crippen LogP contribution in [0, 0.1) is 0 Å². The number of benzene rings is 1. The summed E-state index contributed by atoms with van der Waals surface area (Å²) in [6.07, 6.45) is 0.723. The van der Waals surface area contributed by atoms with Gasteiger partial charge in [-0.25, -0.2) is 0 Å². The lowest BCUT2D eigenvalue weighted by molar-refractivity contribution is 0.745. The normalized spacial score (nSPS) is 12.9. The highest BCUT2D eigenvalue weighted by Gasteiger charge is 2.04. The Morgan fingerprint density at radius 2 is 1.92 bits per heavy atom. The summed E-state index contributed by atoms with van der Waals surface area (Å²) >= 11 is 17.2. The molecule has 0 bridgehead atoms. The predicted octanol–water partition coefficient (Wildman–Crippen LogP) is 3.10. The van der Waals surface area contributed by atoms with E-state index in [1.165, 1.54) is 0 Å². The zero-order chi connectivity index (χ0) is 9.84. The molecule has 1 atom stereocenters. The van der Waals surface area contributed by atoms with E-state index in [0.29, 0.717) is 15.9 Å². The van der Waals surface area contributed by atoms with E-state index in [1.807, 2.05) is 12.1 Å². The van der Waals surface area contributed by atoms with E-state index in [1.54, 1.807) is 6.07 Å². The lowest BCUT2D eigenvalue weighted by Crippen LogP contribution is -2.24. The van der Waals surface area contributed by atoms with E-state index < -0.39 is 0 Å². The molecule has 0 amide bonds. The van der Waals surface area contributed by atoms with E-state index in [-0.39, 0.29) is 6.04 Å². The van der Waals surface area contributed by atoms with Crippen LogP contribution >= 0.6 is 34.8 Å². The Labute approximate surface area is 92.8 Å². The van der Waals surface area contributed by atoms with E-state index in [2.05, 4.69) is 0 Å². The van der Waals surface area contributed by atoms with Crippen LogP contribution in [0.3, 0.4) is 0 Å². The Hall–Kier alpha value is 0.0500. The van der Waals surface area contributed by atoms with Crippen molar-refractivity contribution in [1.82, 2.24) is 0 Å². The summed E-state index contributed by atoms with van der Waals surface area (Å²) in [6.45, 7) is 0. The second kappa shape index (κ2) is 5.06. The molecule has 0 aliphatic rings. The fourth-order valence-corrected chi connectivity index (χ4v) is 1.45. The fourth-order valence-electron chi connectivity index (χ4n) is 1.02. The van der Waals surface area contributed by atoms with Gasteiger partial charge < -0.3 is 5.73 Å². The van der Waals surface area contributed by atoms with Crippen molar-refractivity contribution in [2.24, 2.45) is 5.73 Å². The molecule has 0 fully saturated rings. The van der Waals surface area contributed by atoms with E-state index in [9.17, 15) is 0 Å². The third-order valence-corrected chi connectivity index (χ3v) is 2.82. The van der Waals surface area contributed by atoms with E-state index in [0.717, 1.165) is 12.0 Å². The van der Waals surface area contributed by atoms with Crippen LogP contribution in [-0.2, 0) is 6.42 Å². The monoisotopic (exact) mass is 237 g/mol. The molecule has 13 heavy (non-hydrogen) atoms. The second-order valence-electron chi connectivity index (χ2n) is 2.87. The van der Waals surface area contributed by atoms with Crippen LogP contribution in [-0.4, -0.2) is 11.9 Å². The average molecular weight is 239 g/mol. The molecule has 72 valence electrons. The summed E-state index contributed by atoms with van der Waals surface area (Å²) in [5.74, 6) is 0.445. The minimum absolute atomic E-state index is 0.0288. The first kappa shape index (κ1) is 11.1. The van der Waals surface area contributed by atoms with Gasteiger partial charge in [-0.15, -0.1) is 11.6 Å². The van der Waals surface area contributed by atoms with Gasteiger partial charge in [0.15, 0.2) is 0 Å². The van der Waals surface area contributed by atoms with Crippen molar-refractivity contribution in [3.63, 3.8) is 0 Å². The molecule has 1 unspecified atom stereocenters. The summed E-state index contributed by atoms with van der Waals surface area (Å²) in [4.78, 5) is 0.